The molecular formula is C14H10N4O. The molecule has 4 rings (SSSR count). The molecule has 1 atom stereocenters. The Kier molecular flexibility index (Phi) is 1.97. The number of hydrogen-bond donors (Lipinski definition) is 0. The van der Waals surface area contributed by atoms with Crippen LogP contribution >= 0.6 is 0 Å². The van der Waals surface area contributed by atoms with Crippen molar-refractivity contribution in [2.24, 2.45) is 4.99 Å². The van der Waals surface area contributed by atoms with Crippen molar-refractivity contribution >= 4 is 17.4 Å². The van der Waals surface area contributed by atoms with E-state index in [1.54, 1.807) is 0 Å². The van der Waals surface area contributed by atoms with Crippen LogP contribution in [0.5, 0.6) is 0 Å². The SMILES string of the molecule is O=C1N=C2C=CC=CN2C1c1cn2ccccc2n1. The zero-order valence-corrected chi connectivity index (χ0v) is 9.97. The van der Waals surface area contributed by atoms with Gasteiger partial charge >= 0.3 is 0 Å². The van der Waals surface area contributed by atoms with E-state index in [0.717, 1.165) is 11.3 Å². The Balaban J connectivity index is 1.82. The first-order valence-corrected chi connectivity index (χ1v) is 6.02. The summed E-state index contributed by atoms with van der Waals surface area (Å²) in [5.41, 5.74) is 1.55. The van der Waals surface area contributed by atoms with Crippen LogP contribution in [-0.4, -0.2) is 26.0 Å². The lowest BCUT2D eigenvalue weighted by atomic mass is 10.2. The number of imidazole rings is 1. The van der Waals surface area contributed by atoms with Crippen molar-refractivity contribution in [1.29, 1.82) is 0 Å². The first-order chi connectivity index (χ1) is 9.33. The normalized spacial score (nSPS) is 21.1. The summed E-state index contributed by atoms with van der Waals surface area (Å²) in [5, 5.41) is 0. The van der Waals surface area contributed by atoms with Crippen LogP contribution in [0.15, 0.2) is 60.0 Å². The van der Waals surface area contributed by atoms with Crippen LogP contribution in [0.1, 0.15) is 11.7 Å². The van der Waals surface area contributed by atoms with Crippen molar-refractivity contribution in [2.45, 2.75) is 6.04 Å². The van der Waals surface area contributed by atoms with E-state index in [0.29, 0.717) is 5.84 Å². The fraction of sp³-hybridized carbons (Fsp3) is 0.0714. The van der Waals surface area contributed by atoms with E-state index in [9.17, 15) is 4.79 Å². The summed E-state index contributed by atoms with van der Waals surface area (Å²) in [7, 11) is 0. The molecule has 1 amide bonds. The topological polar surface area (TPSA) is 50.0 Å². The Bertz CT molecular complexity index is 736. The van der Waals surface area contributed by atoms with Crippen LogP contribution in [0.3, 0.4) is 0 Å². The first kappa shape index (κ1) is 10.3. The number of pyridine rings is 1. The lowest BCUT2D eigenvalue weighted by Gasteiger charge is -2.21. The molecule has 5 nitrogen and oxygen atoms in total. The zero-order chi connectivity index (χ0) is 12.8. The summed E-state index contributed by atoms with van der Waals surface area (Å²) in [6.07, 6.45) is 11.2. The highest BCUT2D eigenvalue weighted by Gasteiger charge is 2.36. The molecular weight excluding hydrogens is 240 g/mol. The van der Waals surface area contributed by atoms with Crippen molar-refractivity contribution < 1.29 is 4.79 Å². The third-order valence-electron chi connectivity index (χ3n) is 3.27. The van der Waals surface area contributed by atoms with Crippen molar-refractivity contribution in [3.8, 4) is 0 Å². The molecule has 0 fully saturated rings. The fourth-order valence-electron chi connectivity index (χ4n) is 2.41. The van der Waals surface area contributed by atoms with Gasteiger partial charge < -0.3 is 9.30 Å². The molecule has 2 aromatic heterocycles. The molecule has 0 radical (unpaired) electrons. The zero-order valence-electron chi connectivity index (χ0n) is 9.97. The predicted octanol–water partition coefficient (Wildman–Crippen LogP) is 1.70. The maximum absolute atomic E-state index is 12.1. The summed E-state index contributed by atoms with van der Waals surface area (Å²) in [6.45, 7) is 0. The monoisotopic (exact) mass is 250 g/mol. The third-order valence-corrected chi connectivity index (χ3v) is 3.27. The summed E-state index contributed by atoms with van der Waals surface area (Å²) >= 11 is 0. The average molecular weight is 250 g/mol. The standard InChI is InChI=1S/C14H10N4O/c19-14-13(18-8-4-2-6-12(18)16-14)10-9-17-7-3-1-5-11(17)15-10/h1-9,13H. The number of nitrogens with zero attached hydrogens (tertiary/aromatic N) is 4. The average Bonchev–Trinajstić information content (AvgIpc) is 2.97. The summed E-state index contributed by atoms with van der Waals surface area (Å²) in [6, 6.07) is 5.32. The minimum atomic E-state index is -0.448. The van der Waals surface area contributed by atoms with Crippen LogP contribution in [0.25, 0.3) is 5.65 Å². The van der Waals surface area contributed by atoms with Crippen molar-refractivity contribution in [3.63, 3.8) is 0 Å². The number of carbonyl (C=O) groups excluding carboxylic acids is 1. The van der Waals surface area contributed by atoms with E-state index >= 15 is 0 Å². The summed E-state index contributed by atoms with van der Waals surface area (Å²) in [4.78, 5) is 22.5. The molecule has 0 saturated heterocycles. The Morgan fingerprint density at radius 1 is 1.21 bits per heavy atom. The molecule has 19 heavy (non-hydrogen) atoms. The van der Waals surface area contributed by atoms with Gasteiger partial charge in [0.05, 0.1) is 5.69 Å². The summed E-state index contributed by atoms with van der Waals surface area (Å²) < 4.78 is 1.91. The van der Waals surface area contributed by atoms with Gasteiger partial charge in [0.15, 0.2) is 6.04 Å². The van der Waals surface area contributed by atoms with E-state index in [4.69, 9.17) is 0 Å². The van der Waals surface area contributed by atoms with Gasteiger partial charge in [-0.25, -0.2) is 4.98 Å². The fourth-order valence-corrected chi connectivity index (χ4v) is 2.41. The van der Waals surface area contributed by atoms with E-state index < -0.39 is 6.04 Å². The number of amides is 1. The van der Waals surface area contributed by atoms with Gasteiger partial charge in [-0.3, -0.25) is 4.79 Å². The maximum Gasteiger partial charge on any atom is 0.277 e. The molecule has 92 valence electrons. The van der Waals surface area contributed by atoms with Crippen LogP contribution in [-0.2, 0) is 4.79 Å². The molecule has 5 heteroatoms. The number of aliphatic imine (C=N–C) groups is 1. The maximum atomic E-state index is 12.1. The number of rotatable bonds is 1. The lowest BCUT2D eigenvalue weighted by Crippen LogP contribution is -2.27. The molecule has 0 aromatic carbocycles. The number of amidine groups is 1. The van der Waals surface area contributed by atoms with E-state index in [1.807, 2.05) is 64.3 Å². The quantitative estimate of drug-likeness (QED) is 0.774. The molecule has 0 N–H and O–H groups in total. The number of aromatic nitrogens is 2. The van der Waals surface area contributed by atoms with Gasteiger partial charge in [0.25, 0.3) is 5.91 Å². The van der Waals surface area contributed by atoms with Crippen LogP contribution in [0.4, 0.5) is 0 Å². The van der Waals surface area contributed by atoms with Crippen molar-refractivity contribution in [1.82, 2.24) is 14.3 Å². The molecule has 0 aliphatic carbocycles. The second-order valence-electron chi connectivity index (χ2n) is 4.45. The van der Waals surface area contributed by atoms with Crippen LogP contribution < -0.4 is 0 Å². The van der Waals surface area contributed by atoms with Crippen molar-refractivity contribution in [2.75, 3.05) is 0 Å². The van der Waals surface area contributed by atoms with E-state index in [2.05, 4.69) is 9.98 Å². The first-order valence-electron chi connectivity index (χ1n) is 6.02. The Morgan fingerprint density at radius 3 is 3.05 bits per heavy atom. The van der Waals surface area contributed by atoms with Crippen LogP contribution in [0.2, 0.25) is 0 Å². The highest BCUT2D eigenvalue weighted by molar-refractivity contribution is 6.10. The number of hydrogen-bond acceptors (Lipinski definition) is 3. The molecule has 1 unspecified atom stereocenters. The van der Waals surface area contributed by atoms with Gasteiger partial charge in [0, 0.05) is 18.6 Å². The van der Waals surface area contributed by atoms with Gasteiger partial charge in [-0.15, -0.1) is 0 Å². The minimum Gasteiger partial charge on any atom is -0.315 e. The Hall–Kier alpha value is -2.69. The lowest BCUT2D eigenvalue weighted by molar-refractivity contribution is -0.120. The van der Waals surface area contributed by atoms with Crippen LogP contribution in [0, 0.1) is 0 Å². The van der Waals surface area contributed by atoms with Gasteiger partial charge in [-0.05, 0) is 24.3 Å². The number of carbonyl (C=O) groups is 1. The highest BCUT2D eigenvalue weighted by atomic mass is 16.2. The van der Waals surface area contributed by atoms with Gasteiger partial charge in [0.2, 0.25) is 0 Å². The Labute approximate surface area is 109 Å². The second kappa shape index (κ2) is 3.65. The molecule has 2 aromatic rings. The van der Waals surface area contributed by atoms with E-state index in [1.165, 1.54) is 0 Å². The summed E-state index contributed by atoms with van der Waals surface area (Å²) in [5.74, 6) is 0.504. The minimum absolute atomic E-state index is 0.172. The third kappa shape index (κ3) is 1.45. The van der Waals surface area contributed by atoms with Gasteiger partial charge in [-0.2, -0.15) is 4.99 Å². The van der Waals surface area contributed by atoms with Gasteiger partial charge in [0.1, 0.15) is 11.5 Å². The smallest absolute Gasteiger partial charge is 0.277 e. The Morgan fingerprint density at radius 2 is 2.16 bits per heavy atom. The molecule has 0 spiro atoms. The van der Waals surface area contributed by atoms with Gasteiger partial charge in [-0.1, -0.05) is 12.1 Å². The predicted molar refractivity (Wildman–Crippen MR) is 70.5 cm³/mol. The second-order valence-corrected chi connectivity index (χ2v) is 4.45. The molecule has 2 aliphatic heterocycles. The molecule has 0 saturated carbocycles. The van der Waals surface area contributed by atoms with E-state index in [-0.39, 0.29) is 5.91 Å². The molecule has 2 aliphatic rings. The highest BCUT2D eigenvalue weighted by Crippen LogP contribution is 2.29. The number of fused-ring (bicyclic) bond motifs is 2. The largest absolute Gasteiger partial charge is 0.315 e. The molecule has 0 bridgehead atoms. The molecule has 4 heterocycles. The number of allylic oxidation sites excluding steroid dienone is 2. The van der Waals surface area contributed by atoms with Crippen molar-refractivity contribution in [3.05, 3.63) is 60.7 Å².